The molecule has 0 heterocycles. The molecule has 0 amide bonds. The molecule has 0 spiro atoms. The quantitative estimate of drug-likeness (QED) is 0.795. The standard InChI is InChI=1S/C14H27NO/c1-15(2)14(9-4-3-5-10-14)13(16)11-12-7-6-8-12/h12-13,16H,3-11H2,1-2H3. The number of nitrogens with zero attached hydrogens (tertiary/aromatic N) is 1. The maximum absolute atomic E-state index is 10.6. The van der Waals surface area contributed by atoms with E-state index in [1.807, 2.05) is 0 Å². The van der Waals surface area contributed by atoms with Gasteiger partial charge < -0.3 is 10.0 Å². The Morgan fingerprint density at radius 1 is 1.12 bits per heavy atom. The number of hydrogen-bond acceptors (Lipinski definition) is 2. The summed E-state index contributed by atoms with van der Waals surface area (Å²) in [7, 11) is 4.30. The van der Waals surface area contributed by atoms with Gasteiger partial charge in [0.05, 0.1) is 6.10 Å². The van der Waals surface area contributed by atoms with Crippen molar-refractivity contribution in [3.63, 3.8) is 0 Å². The molecule has 2 heteroatoms. The highest BCUT2D eigenvalue weighted by atomic mass is 16.3. The van der Waals surface area contributed by atoms with Gasteiger partial charge in [-0.15, -0.1) is 0 Å². The molecule has 0 radical (unpaired) electrons. The fourth-order valence-electron chi connectivity index (χ4n) is 3.51. The van der Waals surface area contributed by atoms with Crippen LogP contribution in [0.1, 0.15) is 57.8 Å². The van der Waals surface area contributed by atoms with Gasteiger partial charge in [-0.3, -0.25) is 0 Å². The van der Waals surface area contributed by atoms with E-state index < -0.39 is 0 Å². The van der Waals surface area contributed by atoms with Gasteiger partial charge in [-0.05, 0) is 39.3 Å². The summed E-state index contributed by atoms with van der Waals surface area (Å²) in [5.41, 5.74) is 0.0911. The molecule has 2 fully saturated rings. The van der Waals surface area contributed by atoms with Crippen LogP contribution in [-0.2, 0) is 0 Å². The average Bonchev–Trinajstić information content (AvgIpc) is 2.24. The molecule has 0 saturated heterocycles. The van der Waals surface area contributed by atoms with Crippen molar-refractivity contribution in [2.75, 3.05) is 14.1 Å². The summed E-state index contributed by atoms with van der Waals surface area (Å²) in [5, 5.41) is 10.6. The van der Waals surface area contributed by atoms with Crippen LogP contribution in [-0.4, -0.2) is 35.7 Å². The van der Waals surface area contributed by atoms with Gasteiger partial charge in [0.2, 0.25) is 0 Å². The molecule has 0 aromatic carbocycles. The third-order valence-electron chi connectivity index (χ3n) is 5.01. The van der Waals surface area contributed by atoms with Crippen LogP contribution >= 0.6 is 0 Å². The third-order valence-corrected chi connectivity index (χ3v) is 5.01. The van der Waals surface area contributed by atoms with E-state index in [9.17, 15) is 5.11 Å². The summed E-state index contributed by atoms with van der Waals surface area (Å²) in [4.78, 5) is 2.30. The van der Waals surface area contributed by atoms with Crippen molar-refractivity contribution in [3.05, 3.63) is 0 Å². The molecule has 2 aliphatic rings. The zero-order valence-electron chi connectivity index (χ0n) is 10.9. The number of hydrogen-bond donors (Lipinski definition) is 1. The highest BCUT2D eigenvalue weighted by Crippen LogP contribution is 2.40. The van der Waals surface area contributed by atoms with Crippen molar-refractivity contribution in [1.82, 2.24) is 4.90 Å². The van der Waals surface area contributed by atoms with E-state index in [0.29, 0.717) is 0 Å². The van der Waals surface area contributed by atoms with Gasteiger partial charge in [-0.2, -0.15) is 0 Å². The lowest BCUT2D eigenvalue weighted by molar-refractivity contribution is -0.0482. The predicted octanol–water partition coefficient (Wildman–Crippen LogP) is 2.80. The first-order valence-corrected chi connectivity index (χ1v) is 7.01. The van der Waals surface area contributed by atoms with E-state index in [4.69, 9.17) is 0 Å². The number of likely N-dealkylation sites (N-methyl/N-ethyl adjacent to an activating group) is 1. The molecule has 2 nitrogen and oxygen atoms in total. The van der Waals surface area contributed by atoms with Crippen LogP contribution in [0.15, 0.2) is 0 Å². The normalized spacial score (nSPS) is 27.8. The van der Waals surface area contributed by atoms with Crippen LogP contribution in [0.25, 0.3) is 0 Å². The smallest absolute Gasteiger partial charge is 0.0726 e. The first kappa shape index (κ1) is 12.4. The molecule has 1 atom stereocenters. The summed E-state index contributed by atoms with van der Waals surface area (Å²) in [6.45, 7) is 0. The van der Waals surface area contributed by atoms with Crippen LogP contribution in [0.3, 0.4) is 0 Å². The van der Waals surface area contributed by atoms with Gasteiger partial charge in [0.1, 0.15) is 0 Å². The van der Waals surface area contributed by atoms with Crippen molar-refractivity contribution in [1.29, 1.82) is 0 Å². The lowest BCUT2D eigenvalue weighted by Gasteiger charge is -2.48. The largest absolute Gasteiger partial charge is 0.391 e. The van der Waals surface area contributed by atoms with Gasteiger partial charge in [-0.25, -0.2) is 0 Å². The lowest BCUT2D eigenvalue weighted by atomic mass is 9.71. The molecule has 0 aromatic heterocycles. The molecule has 0 bridgehead atoms. The monoisotopic (exact) mass is 225 g/mol. The molecular formula is C14H27NO. The molecule has 1 unspecified atom stereocenters. The zero-order chi connectivity index (χ0) is 11.6. The van der Waals surface area contributed by atoms with Gasteiger partial charge >= 0.3 is 0 Å². The van der Waals surface area contributed by atoms with Crippen LogP contribution in [0.4, 0.5) is 0 Å². The predicted molar refractivity (Wildman–Crippen MR) is 67.5 cm³/mol. The molecule has 2 saturated carbocycles. The van der Waals surface area contributed by atoms with Crippen molar-refractivity contribution in [2.45, 2.75) is 69.4 Å². The second-order valence-corrected chi connectivity index (χ2v) is 6.11. The second-order valence-electron chi connectivity index (χ2n) is 6.11. The zero-order valence-corrected chi connectivity index (χ0v) is 10.9. The van der Waals surface area contributed by atoms with Gasteiger partial charge in [-0.1, -0.05) is 38.5 Å². The van der Waals surface area contributed by atoms with Crippen molar-refractivity contribution < 1.29 is 5.11 Å². The Labute approximate surface area is 100 Å². The SMILES string of the molecule is CN(C)C1(C(O)CC2CCC2)CCCCC1. The van der Waals surface area contributed by atoms with Crippen molar-refractivity contribution >= 4 is 0 Å². The first-order chi connectivity index (χ1) is 7.65. The van der Waals surface area contributed by atoms with Gasteiger partial charge in [0.25, 0.3) is 0 Å². The first-order valence-electron chi connectivity index (χ1n) is 7.01. The summed E-state index contributed by atoms with van der Waals surface area (Å²) < 4.78 is 0. The van der Waals surface area contributed by atoms with Crippen LogP contribution in [0, 0.1) is 5.92 Å². The van der Waals surface area contributed by atoms with Crippen molar-refractivity contribution in [2.24, 2.45) is 5.92 Å². The molecule has 0 aromatic rings. The van der Waals surface area contributed by atoms with E-state index >= 15 is 0 Å². The van der Waals surface area contributed by atoms with E-state index in [0.717, 1.165) is 12.3 Å². The fraction of sp³-hybridized carbons (Fsp3) is 1.00. The molecular weight excluding hydrogens is 198 g/mol. The summed E-state index contributed by atoms with van der Waals surface area (Å²) in [6.07, 6.45) is 11.3. The highest BCUT2D eigenvalue weighted by Gasteiger charge is 2.42. The molecule has 2 rings (SSSR count). The highest BCUT2D eigenvalue weighted by molar-refractivity contribution is 4.98. The number of aliphatic hydroxyl groups is 1. The van der Waals surface area contributed by atoms with E-state index in [1.54, 1.807) is 0 Å². The fourth-order valence-corrected chi connectivity index (χ4v) is 3.51. The minimum Gasteiger partial charge on any atom is -0.391 e. The Morgan fingerprint density at radius 3 is 2.19 bits per heavy atom. The third kappa shape index (κ3) is 2.28. The van der Waals surface area contributed by atoms with Gasteiger partial charge in [0, 0.05) is 5.54 Å². The molecule has 2 aliphatic carbocycles. The van der Waals surface area contributed by atoms with Crippen molar-refractivity contribution in [3.8, 4) is 0 Å². The Morgan fingerprint density at radius 2 is 1.75 bits per heavy atom. The maximum atomic E-state index is 10.6. The topological polar surface area (TPSA) is 23.5 Å². The summed E-state index contributed by atoms with van der Waals surface area (Å²) >= 11 is 0. The Bertz CT molecular complexity index is 217. The van der Waals surface area contributed by atoms with Crippen LogP contribution < -0.4 is 0 Å². The minimum absolute atomic E-state index is 0.0911. The summed E-state index contributed by atoms with van der Waals surface area (Å²) in [6, 6.07) is 0. The number of rotatable bonds is 4. The average molecular weight is 225 g/mol. The molecule has 1 N–H and O–H groups in total. The van der Waals surface area contributed by atoms with Crippen LogP contribution in [0.2, 0.25) is 0 Å². The second kappa shape index (κ2) is 5.05. The number of aliphatic hydroxyl groups excluding tert-OH is 1. The Kier molecular flexibility index (Phi) is 3.91. The van der Waals surface area contributed by atoms with Gasteiger partial charge in [0.15, 0.2) is 0 Å². The minimum atomic E-state index is -0.104. The van der Waals surface area contributed by atoms with E-state index in [-0.39, 0.29) is 11.6 Å². The Hall–Kier alpha value is -0.0800. The molecule has 94 valence electrons. The molecule has 16 heavy (non-hydrogen) atoms. The maximum Gasteiger partial charge on any atom is 0.0726 e. The van der Waals surface area contributed by atoms with E-state index in [2.05, 4.69) is 19.0 Å². The summed E-state index contributed by atoms with van der Waals surface area (Å²) in [5.74, 6) is 0.814. The van der Waals surface area contributed by atoms with Crippen LogP contribution in [0.5, 0.6) is 0 Å². The Balaban J connectivity index is 1.98. The lowest BCUT2D eigenvalue weighted by Crippen LogP contribution is -2.55. The van der Waals surface area contributed by atoms with E-state index in [1.165, 1.54) is 51.4 Å². The molecule has 0 aliphatic heterocycles.